The number of aliphatic hydroxyl groups excluding tert-OH is 1. The molecule has 0 spiro atoms. The molecule has 0 aromatic heterocycles. The predicted octanol–water partition coefficient (Wildman–Crippen LogP) is 1.09. The molecule has 110 valence electrons. The summed E-state index contributed by atoms with van der Waals surface area (Å²) < 4.78 is 26.7. The second-order valence-corrected chi connectivity index (χ2v) is 7.45. The summed E-state index contributed by atoms with van der Waals surface area (Å²) in [5.74, 6) is 0. The molecule has 1 aromatic carbocycles. The normalized spacial score (nSPS) is 29.7. The van der Waals surface area contributed by atoms with Gasteiger partial charge in [-0.25, -0.2) is 13.1 Å². The van der Waals surface area contributed by atoms with Crippen LogP contribution in [0.3, 0.4) is 0 Å². The first-order valence-electron chi connectivity index (χ1n) is 7.02. The van der Waals surface area contributed by atoms with Crippen molar-refractivity contribution in [3.05, 3.63) is 24.3 Å². The van der Waals surface area contributed by atoms with Crippen LogP contribution in [0.4, 0.5) is 5.69 Å². The molecule has 6 heteroatoms. The number of benzene rings is 1. The van der Waals surface area contributed by atoms with Crippen LogP contribution in [0.1, 0.15) is 25.7 Å². The van der Waals surface area contributed by atoms with Gasteiger partial charge in [0.2, 0.25) is 10.0 Å². The quantitative estimate of drug-likeness (QED) is 0.876. The number of nitrogens with one attached hydrogen (secondary N) is 1. The zero-order valence-corrected chi connectivity index (χ0v) is 12.3. The smallest absolute Gasteiger partial charge is 0.242 e. The molecule has 2 fully saturated rings. The van der Waals surface area contributed by atoms with Gasteiger partial charge < -0.3 is 10.0 Å². The fourth-order valence-corrected chi connectivity index (χ4v) is 4.48. The zero-order chi connectivity index (χ0) is 14.3. The van der Waals surface area contributed by atoms with Crippen molar-refractivity contribution < 1.29 is 13.5 Å². The number of hydrogen-bond donors (Lipinski definition) is 2. The maximum atomic E-state index is 12.2. The van der Waals surface area contributed by atoms with Crippen molar-refractivity contribution in [1.82, 2.24) is 4.72 Å². The zero-order valence-electron chi connectivity index (χ0n) is 11.5. The average Bonchev–Trinajstić information content (AvgIpc) is 2.71. The fourth-order valence-electron chi connectivity index (χ4n) is 3.55. The second-order valence-electron chi connectivity index (χ2n) is 5.59. The average molecular weight is 296 g/mol. The lowest BCUT2D eigenvalue weighted by Crippen LogP contribution is -2.45. The molecule has 0 aliphatic carbocycles. The highest BCUT2D eigenvalue weighted by molar-refractivity contribution is 7.89. The lowest BCUT2D eigenvalue weighted by atomic mass is 9.99. The van der Waals surface area contributed by atoms with Crippen molar-refractivity contribution in [1.29, 1.82) is 0 Å². The summed E-state index contributed by atoms with van der Waals surface area (Å²) in [5, 5.41) is 9.87. The topological polar surface area (TPSA) is 69.6 Å². The lowest BCUT2D eigenvalue weighted by Gasteiger charge is -2.39. The first-order valence-corrected chi connectivity index (χ1v) is 8.50. The van der Waals surface area contributed by atoms with Gasteiger partial charge in [-0.2, -0.15) is 0 Å². The van der Waals surface area contributed by atoms with Crippen LogP contribution in [0.5, 0.6) is 0 Å². The summed E-state index contributed by atoms with van der Waals surface area (Å²) in [6, 6.07) is 7.62. The van der Waals surface area contributed by atoms with E-state index in [1.807, 2.05) is 12.1 Å². The summed E-state index contributed by atoms with van der Waals surface area (Å²) in [6.07, 6.45) is 3.25. The molecular formula is C14H20N2O3S. The molecule has 2 bridgehead atoms. The predicted molar refractivity (Wildman–Crippen MR) is 77.2 cm³/mol. The van der Waals surface area contributed by atoms with Gasteiger partial charge in [-0.1, -0.05) is 12.1 Å². The minimum Gasteiger partial charge on any atom is -0.393 e. The SMILES string of the molecule is CNS(=O)(=O)c1ccccc1N1C2CCC1CC(O)C2. The summed E-state index contributed by atoms with van der Waals surface area (Å²) in [6.45, 7) is 0. The number of para-hydroxylation sites is 1. The Bertz CT molecular complexity index is 588. The van der Waals surface area contributed by atoms with E-state index >= 15 is 0 Å². The molecule has 2 atom stereocenters. The van der Waals surface area contributed by atoms with Crippen LogP contribution in [0, 0.1) is 0 Å². The largest absolute Gasteiger partial charge is 0.393 e. The number of aliphatic hydroxyl groups is 1. The number of sulfonamides is 1. The van der Waals surface area contributed by atoms with Gasteiger partial charge in [0.15, 0.2) is 0 Å². The van der Waals surface area contributed by atoms with E-state index in [2.05, 4.69) is 9.62 Å². The Morgan fingerprint density at radius 1 is 1.20 bits per heavy atom. The maximum Gasteiger partial charge on any atom is 0.242 e. The number of anilines is 1. The van der Waals surface area contributed by atoms with Gasteiger partial charge in [0.05, 0.1) is 11.8 Å². The molecule has 2 aliphatic rings. The third kappa shape index (κ3) is 2.21. The van der Waals surface area contributed by atoms with Gasteiger partial charge in [0, 0.05) is 12.1 Å². The Kier molecular flexibility index (Phi) is 3.48. The van der Waals surface area contributed by atoms with E-state index in [9.17, 15) is 13.5 Å². The van der Waals surface area contributed by atoms with Crippen LogP contribution in [-0.4, -0.2) is 38.8 Å². The van der Waals surface area contributed by atoms with Crippen molar-refractivity contribution in [2.75, 3.05) is 11.9 Å². The van der Waals surface area contributed by atoms with Crippen LogP contribution >= 0.6 is 0 Å². The van der Waals surface area contributed by atoms with Crippen LogP contribution in [0.15, 0.2) is 29.2 Å². The molecule has 2 N–H and O–H groups in total. The molecule has 2 saturated heterocycles. The highest BCUT2D eigenvalue weighted by Crippen LogP contribution is 2.41. The third-order valence-corrected chi connectivity index (χ3v) is 5.87. The molecule has 2 aliphatic heterocycles. The third-order valence-electron chi connectivity index (χ3n) is 4.41. The summed E-state index contributed by atoms with van der Waals surface area (Å²) in [4.78, 5) is 2.53. The van der Waals surface area contributed by atoms with Crippen LogP contribution in [0.2, 0.25) is 0 Å². The standard InChI is InChI=1S/C14H20N2O3S/c1-15-20(18,19)14-5-3-2-4-13(14)16-10-6-7-11(16)9-12(17)8-10/h2-5,10-12,15,17H,6-9H2,1H3. The van der Waals surface area contributed by atoms with Gasteiger partial charge in [0.1, 0.15) is 4.90 Å². The van der Waals surface area contributed by atoms with Gasteiger partial charge in [-0.15, -0.1) is 0 Å². The lowest BCUT2D eigenvalue weighted by molar-refractivity contribution is 0.126. The summed E-state index contributed by atoms with van der Waals surface area (Å²) >= 11 is 0. The number of hydrogen-bond acceptors (Lipinski definition) is 4. The fraction of sp³-hybridized carbons (Fsp3) is 0.571. The molecule has 0 saturated carbocycles. The Labute approximate surface area is 119 Å². The van der Waals surface area contributed by atoms with E-state index in [1.165, 1.54) is 7.05 Å². The maximum absolute atomic E-state index is 12.2. The van der Waals surface area contributed by atoms with Gasteiger partial charge >= 0.3 is 0 Å². The minimum atomic E-state index is -3.46. The van der Waals surface area contributed by atoms with Crippen molar-refractivity contribution in [3.8, 4) is 0 Å². The summed E-state index contributed by atoms with van der Waals surface area (Å²) in [7, 11) is -2.03. The van der Waals surface area contributed by atoms with Crippen molar-refractivity contribution in [2.45, 2.75) is 48.8 Å². The van der Waals surface area contributed by atoms with Gasteiger partial charge in [-0.05, 0) is 44.9 Å². The molecule has 5 nitrogen and oxygen atoms in total. The number of rotatable bonds is 3. The van der Waals surface area contributed by atoms with E-state index < -0.39 is 10.0 Å². The van der Waals surface area contributed by atoms with Crippen molar-refractivity contribution >= 4 is 15.7 Å². The first kappa shape index (κ1) is 13.9. The number of nitrogens with zero attached hydrogens (tertiary/aromatic N) is 1. The number of piperidine rings is 1. The summed E-state index contributed by atoms with van der Waals surface area (Å²) in [5.41, 5.74) is 0.765. The highest BCUT2D eigenvalue weighted by atomic mass is 32.2. The first-order chi connectivity index (χ1) is 9.53. The molecule has 2 unspecified atom stereocenters. The van der Waals surface area contributed by atoms with E-state index in [0.717, 1.165) is 31.4 Å². The number of fused-ring (bicyclic) bond motifs is 2. The van der Waals surface area contributed by atoms with Crippen molar-refractivity contribution in [3.63, 3.8) is 0 Å². The monoisotopic (exact) mass is 296 g/mol. The van der Waals surface area contributed by atoms with Crippen LogP contribution < -0.4 is 9.62 Å². The molecule has 0 radical (unpaired) electrons. The molecule has 1 aromatic rings. The molecule has 2 heterocycles. The van der Waals surface area contributed by atoms with Gasteiger partial charge in [0.25, 0.3) is 0 Å². The molecular weight excluding hydrogens is 276 g/mol. The van der Waals surface area contributed by atoms with Crippen molar-refractivity contribution in [2.24, 2.45) is 0 Å². The molecule has 3 rings (SSSR count). The highest BCUT2D eigenvalue weighted by Gasteiger charge is 2.41. The Balaban J connectivity index is 2.04. The van der Waals surface area contributed by atoms with Crippen LogP contribution in [-0.2, 0) is 10.0 Å². The molecule has 20 heavy (non-hydrogen) atoms. The van der Waals surface area contributed by atoms with E-state index in [1.54, 1.807) is 12.1 Å². The van der Waals surface area contributed by atoms with Crippen LogP contribution in [0.25, 0.3) is 0 Å². The Morgan fingerprint density at radius 3 is 2.40 bits per heavy atom. The Hall–Kier alpha value is -1.11. The minimum absolute atomic E-state index is 0.247. The van der Waals surface area contributed by atoms with E-state index in [-0.39, 0.29) is 18.2 Å². The second kappa shape index (κ2) is 5.02. The molecule has 0 amide bonds. The van der Waals surface area contributed by atoms with E-state index in [4.69, 9.17) is 0 Å². The van der Waals surface area contributed by atoms with Gasteiger partial charge in [-0.3, -0.25) is 0 Å². The van der Waals surface area contributed by atoms with E-state index in [0.29, 0.717) is 4.90 Å². The Morgan fingerprint density at radius 2 is 1.80 bits per heavy atom.